The van der Waals surface area contributed by atoms with Gasteiger partial charge in [-0.3, -0.25) is 14.6 Å². The lowest BCUT2D eigenvalue weighted by Gasteiger charge is -2.21. The summed E-state index contributed by atoms with van der Waals surface area (Å²) in [6.07, 6.45) is 7.61. The molecule has 26 heavy (non-hydrogen) atoms. The van der Waals surface area contributed by atoms with Crippen molar-refractivity contribution in [3.63, 3.8) is 0 Å². The van der Waals surface area contributed by atoms with Crippen LogP contribution in [0.25, 0.3) is 0 Å². The van der Waals surface area contributed by atoms with Crippen molar-refractivity contribution in [1.29, 1.82) is 0 Å². The fourth-order valence-corrected chi connectivity index (χ4v) is 3.04. The van der Waals surface area contributed by atoms with Crippen LogP contribution < -0.4 is 10.9 Å². The topological polar surface area (TPSA) is 47.0 Å². The maximum atomic E-state index is 10.4. The van der Waals surface area contributed by atoms with Crippen LogP contribution >= 0.6 is 0 Å². The molecule has 1 heterocycles. The third-order valence-corrected chi connectivity index (χ3v) is 4.97. The van der Waals surface area contributed by atoms with E-state index in [1.54, 1.807) is 37.4 Å². The molecule has 0 saturated carbocycles. The zero-order chi connectivity index (χ0) is 19.1. The summed E-state index contributed by atoms with van der Waals surface area (Å²) in [7, 11) is 0. The molecule has 136 valence electrons. The summed E-state index contributed by atoms with van der Waals surface area (Å²) in [5.74, 6) is 0.792. The lowest BCUT2D eigenvalue weighted by atomic mass is 9.84. The molecule has 3 heteroatoms. The average molecular weight is 349 g/mol. The van der Waals surface area contributed by atoms with Gasteiger partial charge in [0.15, 0.2) is 0 Å². The van der Waals surface area contributed by atoms with E-state index in [1.807, 2.05) is 19.1 Å². The molecule has 0 amide bonds. The monoisotopic (exact) mass is 349 g/mol. The van der Waals surface area contributed by atoms with E-state index >= 15 is 0 Å². The molecule has 1 aliphatic carbocycles. The van der Waals surface area contributed by atoms with E-state index in [0.717, 1.165) is 5.92 Å². The average Bonchev–Trinajstić information content (AvgIpc) is 2.68. The van der Waals surface area contributed by atoms with Crippen molar-refractivity contribution in [1.82, 2.24) is 4.98 Å². The minimum absolute atomic E-state index is 0.317. The number of benzene rings is 1. The predicted octanol–water partition coefficient (Wildman–Crippen LogP) is 4.42. The zero-order valence-corrected chi connectivity index (χ0v) is 16.1. The van der Waals surface area contributed by atoms with Gasteiger partial charge < -0.3 is 0 Å². The normalized spacial score (nSPS) is 15.2. The third-order valence-electron chi connectivity index (χ3n) is 4.97. The molecule has 0 N–H and O–H groups in total. The number of pyridine rings is 1. The summed E-state index contributed by atoms with van der Waals surface area (Å²) < 4.78 is 0. The standard InChI is InChI=1S/C11H14.C6H7N.C6H6O2/c1-9-5-4-7-10-6-2-3-8-11(9)10;1-6-2-4-7-5-3-6;1-3-4(2)6(8)5(3)7/h2-3,6,8-9H,4-5,7H2,1H3;2-5H,1H3;1-2H3. The van der Waals surface area contributed by atoms with Gasteiger partial charge in [-0.1, -0.05) is 31.2 Å². The Morgan fingerprint density at radius 3 is 1.92 bits per heavy atom. The Balaban J connectivity index is 0.000000145. The summed E-state index contributed by atoms with van der Waals surface area (Å²) in [6.45, 7) is 7.71. The van der Waals surface area contributed by atoms with Crippen LogP contribution in [0.1, 0.15) is 53.5 Å². The SMILES string of the molecule is CC1CCCc2ccccc21.Cc1c(C)c(=O)c1=O.Cc1ccncc1. The highest BCUT2D eigenvalue weighted by atomic mass is 16.2. The van der Waals surface area contributed by atoms with Crippen LogP contribution in [0.3, 0.4) is 0 Å². The van der Waals surface area contributed by atoms with Crippen molar-refractivity contribution < 1.29 is 0 Å². The number of hydrogen-bond donors (Lipinski definition) is 0. The molecular weight excluding hydrogens is 322 g/mol. The van der Waals surface area contributed by atoms with Crippen molar-refractivity contribution in [3.8, 4) is 0 Å². The largest absolute Gasteiger partial charge is 0.285 e. The molecular formula is C23H27NO2. The fraction of sp³-hybridized carbons (Fsp3) is 0.348. The van der Waals surface area contributed by atoms with Crippen LogP contribution in [0.5, 0.6) is 0 Å². The number of nitrogens with zero attached hydrogens (tertiary/aromatic N) is 1. The van der Waals surface area contributed by atoms with Crippen molar-refractivity contribution >= 4 is 0 Å². The van der Waals surface area contributed by atoms with Crippen molar-refractivity contribution in [2.45, 2.75) is 52.9 Å². The maximum Gasteiger partial charge on any atom is 0.229 e. The van der Waals surface area contributed by atoms with E-state index in [9.17, 15) is 9.59 Å². The first kappa shape index (κ1) is 19.8. The van der Waals surface area contributed by atoms with Gasteiger partial charge in [-0.25, -0.2) is 0 Å². The van der Waals surface area contributed by atoms with Crippen LogP contribution in [0.4, 0.5) is 0 Å². The van der Waals surface area contributed by atoms with Crippen molar-refractivity contribution in [3.05, 3.63) is 97.1 Å². The summed E-state index contributed by atoms with van der Waals surface area (Å²) in [5.41, 5.74) is 5.02. The van der Waals surface area contributed by atoms with Crippen molar-refractivity contribution in [2.75, 3.05) is 0 Å². The van der Waals surface area contributed by atoms with Crippen LogP contribution in [0, 0.1) is 20.8 Å². The molecule has 0 fully saturated rings. The summed E-state index contributed by atoms with van der Waals surface area (Å²) in [6, 6.07) is 12.8. The van der Waals surface area contributed by atoms with Crippen LogP contribution in [0.15, 0.2) is 58.4 Å². The van der Waals surface area contributed by atoms with E-state index < -0.39 is 0 Å². The van der Waals surface area contributed by atoms with E-state index in [4.69, 9.17) is 0 Å². The molecule has 1 unspecified atom stereocenters. The summed E-state index contributed by atoms with van der Waals surface area (Å²) in [4.78, 5) is 24.6. The van der Waals surface area contributed by atoms with Gasteiger partial charge in [-0.05, 0) is 74.8 Å². The van der Waals surface area contributed by atoms with Gasteiger partial charge in [-0.15, -0.1) is 0 Å². The van der Waals surface area contributed by atoms with Gasteiger partial charge >= 0.3 is 0 Å². The van der Waals surface area contributed by atoms with Crippen LogP contribution in [-0.2, 0) is 6.42 Å². The molecule has 0 spiro atoms. The summed E-state index contributed by atoms with van der Waals surface area (Å²) >= 11 is 0. The Morgan fingerprint density at radius 2 is 1.46 bits per heavy atom. The molecule has 1 aliphatic rings. The smallest absolute Gasteiger partial charge is 0.229 e. The molecule has 0 radical (unpaired) electrons. The first-order chi connectivity index (χ1) is 12.4. The molecule has 3 nitrogen and oxygen atoms in total. The van der Waals surface area contributed by atoms with Gasteiger partial charge in [0.25, 0.3) is 0 Å². The van der Waals surface area contributed by atoms with E-state index in [2.05, 4.69) is 36.2 Å². The second kappa shape index (κ2) is 9.23. The molecule has 1 atom stereocenters. The van der Waals surface area contributed by atoms with Gasteiger partial charge in [-0.2, -0.15) is 0 Å². The molecule has 0 aliphatic heterocycles. The first-order valence-electron chi connectivity index (χ1n) is 9.12. The van der Waals surface area contributed by atoms with E-state index in [1.165, 1.54) is 24.8 Å². The molecule has 1 aromatic heterocycles. The summed E-state index contributed by atoms with van der Waals surface area (Å²) in [5, 5.41) is 0. The first-order valence-corrected chi connectivity index (χ1v) is 9.12. The Bertz CT molecular complexity index is 876. The predicted molar refractivity (Wildman–Crippen MR) is 108 cm³/mol. The fourth-order valence-electron chi connectivity index (χ4n) is 3.04. The highest BCUT2D eigenvalue weighted by molar-refractivity contribution is 5.32. The number of aromatic nitrogens is 1. The van der Waals surface area contributed by atoms with Crippen molar-refractivity contribution in [2.24, 2.45) is 0 Å². The van der Waals surface area contributed by atoms with E-state index in [0.29, 0.717) is 11.1 Å². The molecule has 4 rings (SSSR count). The number of fused-ring (bicyclic) bond motifs is 1. The molecule has 3 aromatic rings. The third kappa shape index (κ3) is 4.98. The van der Waals surface area contributed by atoms with Crippen LogP contribution in [-0.4, -0.2) is 4.98 Å². The van der Waals surface area contributed by atoms with Gasteiger partial charge in [0.2, 0.25) is 10.9 Å². The number of rotatable bonds is 0. The van der Waals surface area contributed by atoms with E-state index in [-0.39, 0.29) is 10.9 Å². The second-order valence-corrected chi connectivity index (χ2v) is 6.92. The zero-order valence-electron chi connectivity index (χ0n) is 16.1. The molecule has 0 saturated heterocycles. The Labute approximate surface area is 155 Å². The van der Waals surface area contributed by atoms with Gasteiger partial charge in [0.05, 0.1) is 0 Å². The lowest BCUT2D eigenvalue weighted by molar-refractivity contribution is 0.590. The van der Waals surface area contributed by atoms with Crippen LogP contribution in [0.2, 0.25) is 0 Å². The van der Waals surface area contributed by atoms with Gasteiger partial charge in [0.1, 0.15) is 0 Å². The Morgan fingerprint density at radius 1 is 0.885 bits per heavy atom. The van der Waals surface area contributed by atoms with Gasteiger partial charge in [0, 0.05) is 23.5 Å². The minimum atomic E-state index is -0.317. The molecule has 2 aromatic carbocycles. The second-order valence-electron chi connectivity index (χ2n) is 6.92. The highest BCUT2D eigenvalue weighted by Gasteiger charge is 2.14. The minimum Gasteiger partial charge on any atom is -0.285 e. The molecule has 0 bridgehead atoms. The highest BCUT2D eigenvalue weighted by Crippen LogP contribution is 2.30. The Kier molecular flexibility index (Phi) is 7.02. The number of aryl methyl sites for hydroxylation is 2. The maximum absolute atomic E-state index is 10.4. The quantitative estimate of drug-likeness (QED) is 0.565. The number of hydrogen-bond acceptors (Lipinski definition) is 3. The Hall–Kier alpha value is -2.55. The lowest BCUT2D eigenvalue weighted by Crippen LogP contribution is -2.36.